The minimum Gasteiger partial charge on any atom is -0.482 e. The number of hydrogen-bond acceptors (Lipinski definition) is 6. The molecule has 10 heteroatoms. The van der Waals surface area contributed by atoms with Gasteiger partial charge in [0.1, 0.15) is 5.75 Å². The molecule has 1 amide bonds. The van der Waals surface area contributed by atoms with Gasteiger partial charge >= 0.3 is 0 Å². The number of hydrogen-bond donors (Lipinski definition) is 1. The van der Waals surface area contributed by atoms with Gasteiger partial charge in [-0.15, -0.1) is 0 Å². The van der Waals surface area contributed by atoms with E-state index in [1.807, 2.05) is 0 Å². The summed E-state index contributed by atoms with van der Waals surface area (Å²) >= 11 is 13.0. The molecule has 1 aromatic heterocycles. The number of nitro benzene ring substituents is 1. The SMILES string of the molecule is O=C(COc1ccc(Cl)cc1Cl)Nc1nc2cc([N+](=O)[O-])ccc2s1. The van der Waals surface area contributed by atoms with E-state index in [9.17, 15) is 14.9 Å². The van der Waals surface area contributed by atoms with Crippen molar-refractivity contribution in [2.24, 2.45) is 0 Å². The number of nitrogens with zero attached hydrogens (tertiary/aromatic N) is 2. The molecule has 3 aromatic rings. The summed E-state index contributed by atoms with van der Waals surface area (Å²) in [4.78, 5) is 26.4. The molecule has 0 saturated heterocycles. The number of amides is 1. The Kier molecular flexibility index (Phi) is 5.03. The summed E-state index contributed by atoms with van der Waals surface area (Å²) in [5.74, 6) is -0.0966. The van der Waals surface area contributed by atoms with Crippen molar-refractivity contribution in [1.82, 2.24) is 4.98 Å². The van der Waals surface area contributed by atoms with Crippen LogP contribution < -0.4 is 10.1 Å². The maximum atomic E-state index is 12.0. The monoisotopic (exact) mass is 397 g/mol. The second kappa shape index (κ2) is 7.22. The first kappa shape index (κ1) is 17.4. The molecule has 0 saturated carbocycles. The van der Waals surface area contributed by atoms with Crippen LogP contribution in [0.25, 0.3) is 10.2 Å². The van der Waals surface area contributed by atoms with Gasteiger partial charge in [-0.05, 0) is 24.3 Å². The van der Waals surface area contributed by atoms with Gasteiger partial charge in [-0.25, -0.2) is 4.98 Å². The van der Waals surface area contributed by atoms with Crippen LogP contribution in [-0.4, -0.2) is 22.4 Å². The van der Waals surface area contributed by atoms with Crippen LogP contribution in [0.15, 0.2) is 36.4 Å². The van der Waals surface area contributed by atoms with Crippen molar-refractivity contribution >= 4 is 61.5 Å². The molecule has 0 radical (unpaired) electrons. The van der Waals surface area contributed by atoms with Gasteiger partial charge < -0.3 is 4.74 Å². The molecule has 0 aliphatic carbocycles. The molecule has 7 nitrogen and oxygen atoms in total. The summed E-state index contributed by atoms with van der Waals surface area (Å²) in [5.41, 5.74) is 0.382. The number of carbonyl (C=O) groups is 1. The molecule has 0 unspecified atom stereocenters. The van der Waals surface area contributed by atoms with Crippen LogP contribution in [0.3, 0.4) is 0 Å². The van der Waals surface area contributed by atoms with Crippen LogP contribution in [0, 0.1) is 10.1 Å². The lowest BCUT2D eigenvalue weighted by Gasteiger charge is -2.07. The smallest absolute Gasteiger partial charge is 0.271 e. The normalized spacial score (nSPS) is 10.6. The zero-order valence-electron chi connectivity index (χ0n) is 12.4. The molecule has 0 bridgehead atoms. The number of carbonyl (C=O) groups excluding carboxylic acids is 1. The highest BCUT2D eigenvalue weighted by Gasteiger charge is 2.13. The third-order valence-electron chi connectivity index (χ3n) is 3.08. The highest BCUT2D eigenvalue weighted by molar-refractivity contribution is 7.22. The molecule has 1 heterocycles. The van der Waals surface area contributed by atoms with Crippen molar-refractivity contribution < 1.29 is 14.5 Å². The number of thiazole rings is 1. The first-order valence-corrected chi connectivity index (χ1v) is 8.42. The molecule has 25 heavy (non-hydrogen) atoms. The van der Waals surface area contributed by atoms with E-state index in [4.69, 9.17) is 27.9 Å². The van der Waals surface area contributed by atoms with Crippen molar-refractivity contribution in [1.29, 1.82) is 0 Å². The minimum absolute atomic E-state index is 0.0589. The van der Waals surface area contributed by atoms with Crippen molar-refractivity contribution in [3.8, 4) is 5.75 Å². The number of fused-ring (bicyclic) bond motifs is 1. The van der Waals surface area contributed by atoms with Crippen LogP contribution >= 0.6 is 34.5 Å². The number of halogens is 2. The van der Waals surface area contributed by atoms with Crippen molar-refractivity contribution in [2.75, 3.05) is 11.9 Å². The van der Waals surface area contributed by atoms with Crippen LogP contribution in [0.2, 0.25) is 10.0 Å². The highest BCUT2D eigenvalue weighted by atomic mass is 35.5. The zero-order valence-corrected chi connectivity index (χ0v) is 14.7. The van der Waals surface area contributed by atoms with Crippen LogP contribution in [-0.2, 0) is 4.79 Å². The molecule has 0 aliphatic rings. The van der Waals surface area contributed by atoms with Crippen molar-refractivity contribution in [3.63, 3.8) is 0 Å². The summed E-state index contributed by atoms with van der Waals surface area (Å²) in [6.07, 6.45) is 0. The largest absolute Gasteiger partial charge is 0.482 e. The fourth-order valence-electron chi connectivity index (χ4n) is 1.97. The number of rotatable bonds is 5. The minimum atomic E-state index is -0.499. The Hall–Kier alpha value is -2.42. The quantitative estimate of drug-likeness (QED) is 0.503. The Labute approximate surface area is 155 Å². The maximum Gasteiger partial charge on any atom is 0.271 e. The molecule has 128 valence electrons. The number of ether oxygens (including phenoxy) is 1. The molecule has 0 fully saturated rings. The Bertz CT molecular complexity index is 977. The molecule has 1 N–H and O–H groups in total. The van der Waals surface area contributed by atoms with E-state index in [2.05, 4.69) is 10.3 Å². The molecule has 0 aliphatic heterocycles. The standard InChI is InChI=1S/C15H9Cl2N3O4S/c16-8-1-3-12(10(17)5-8)24-7-14(21)19-15-18-11-6-9(20(22)23)2-4-13(11)25-15/h1-6H,7H2,(H,18,19,21). The number of anilines is 1. The van der Waals surface area contributed by atoms with Crippen LogP contribution in [0.1, 0.15) is 0 Å². The van der Waals surface area contributed by atoms with Gasteiger partial charge in [-0.2, -0.15) is 0 Å². The third-order valence-corrected chi connectivity index (χ3v) is 4.56. The fourth-order valence-corrected chi connectivity index (χ4v) is 3.30. The molecular weight excluding hydrogens is 389 g/mol. The van der Waals surface area contributed by atoms with E-state index < -0.39 is 10.8 Å². The van der Waals surface area contributed by atoms with E-state index in [1.54, 1.807) is 18.2 Å². The first-order valence-electron chi connectivity index (χ1n) is 6.85. The number of nitro groups is 1. The Balaban J connectivity index is 1.66. The predicted octanol–water partition coefficient (Wildman–Crippen LogP) is 4.53. The van der Waals surface area contributed by atoms with Gasteiger partial charge in [0.05, 0.1) is 20.2 Å². The zero-order chi connectivity index (χ0) is 18.0. The average molecular weight is 398 g/mol. The number of nitrogens with one attached hydrogen (secondary N) is 1. The van der Waals surface area contributed by atoms with Crippen LogP contribution in [0.4, 0.5) is 10.8 Å². The van der Waals surface area contributed by atoms with Gasteiger partial charge in [-0.3, -0.25) is 20.2 Å². The van der Waals surface area contributed by atoms with Gasteiger partial charge in [0.2, 0.25) is 0 Å². The lowest BCUT2D eigenvalue weighted by Crippen LogP contribution is -2.20. The van der Waals surface area contributed by atoms with Gasteiger partial charge in [0.25, 0.3) is 11.6 Å². The summed E-state index contributed by atoms with van der Waals surface area (Å²) in [6, 6.07) is 9.00. The van der Waals surface area contributed by atoms with E-state index in [1.165, 1.54) is 29.5 Å². The van der Waals surface area contributed by atoms with E-state index in [0.29, 0.717) is 26.4 Å². The summed E-state index contributed by atoms with van der Waals surface area (Å²) in [5, 5.41) is 14.4. The fraction of sp³-hybridized carbons (Fsp3) is 0.0667. The Morgan fingerprint density at radius 1 is 1.28 bits per heavy atom. The topological polar surface area (TPSA) is 94.4 Å². The van der Waals surface area contributed by atoms with Gasteiger partial charge in [-0.1, -0.05) is 34.5 Å². The number of aromatic nitrogens is 1. The van der Waals surface area contributed by atoms with Gasteiger partial charge in [0.15, 0.2) is 11.7 Å². The molecular formula is C15H9Cl2N3O4S. The van der Waals surface area contributed by atoms with Crippen molar-refractivity contribution in [3.05, 3.63) is 56.6 Å². The predicted molar refractivity (Wildman–Crippen MR) is 96.9 cm³/mol. The summed E-state index contributed by atoms with van der Waals surface area (Å²) in [6.45, 7) is -0.266. The second-order valence-corrected chi connectivity index (χ2v) is 6.71. The summed E-state index contributed by atoms with van der Waals surface area (Å²) in [7, 11) is 0. The van der Waals surface area contributed by atoms with E-state index in [0.717, 1.165) is 4.70 Å². The number of benzene rings is 2. The molecule has 0 spiro atoms. The number of non-ortho nitro benzene ring substituents is 1. The highest BCUT2D eigenvalue weighted by Crippen LogP contribution is 2.29. The lowest BCUT2D eigenvalue weighted by atomic mass is 10.3. The maximum absolute atomic E-state index is 12.0. The summed E-state index contributed by atoms with van der Waals surface area (Å²) < 4.78 is 6.06. The first-order chi connectivity index (χ1) is 11.9. The van der Waals surface area contributed by atoms with Crippen molar-refractivity contribution in [2.45, 2.75) is 0 Å². The molecule has 0 atom stereocenters. The molecule has 3 rings (SSSR count). The Morgan fingerprint density at radius 2 is 2.08 bits per heavy atom. The lowest BCUT2D eigenvalue weighted by molar-refractivity contribution is -0.384. The Morgan fingerprint density at radius 3 is 2.80 bits per heavy atom. The van der Waals surface area contributed by atoms with E-state index >= 15 is 0 Å². The third kappa shape index (κ3) is 4.16. The van der Waals surface area contributed by atoms with Crippen LogP contribution in [0.5, 0.6) is 5.75 Å². The second-order valence-electron chi connectivity index (χ2n) is 4.84. The molecule has 2 aromatic carbocycles. The van der Waals surface area contributed by atoms with E-state index in [-0.39, 0.29) is 12.3 Å². The average Bonchev–Trinajstić information content (AvgIpc) is 2.95. The van der Waals surface area contributed by atoms with Gasteiger partial charge in [0, 0.05) is 17.2 Å².